The Kier molecular flexibility index (Phi) is 3.48. The lowest BCUT2D eigenvalue weighted by Crippen LogP contribution is -1.86. The number of hydrogen-bond donors (Lipinski definition) is 1. The van der Waals surface area contributed by atoms with E-state index in [1.165, 1.54) is 44.5 Å². The van der Waals surface area contributed by atoms with Crippen molar-refractivity contribution in [2.24, 2.45) is 4.99 Å². The third-order valence-corrected chi connectivity index (χ3v) is 6.07. The summed E-state index contributed by atoms with van der Waals surface area (Å²) in [7, 11) is 0. The number of rotatable bonds is 2. The van der Waals surface area contributed by atoms with E-state index in [1.807, 2.05) is 12.3 Å². The minimum Gasteiger partial charge on any atom is -0.399 e. The molecule has 4 aromatic carbocycles. The van der Waals surface area contributed by atoms with Crippen molar-refractivity contribution in [2.45, 2.75) is 12.8 Å². The van der Waals surface area contributed by atoms with E-state index in [2.05, 4.69) is 72.8 Å². The van der Waals surface area contributed by atoms with E-state index in [1.54, 1.807) is 0 Å². The van der Waals surface area contributed by atoms with Crippen molar-refractivity contribution >= 4 is 17.6 Å². The Bertz CT molecular complexity index is 1310. The number of nitrogen functional groups attached to an aromatic ring is 1. The number of benzene rings is 4. The van der Waals surface area contributed by atoms with E-state index >= 15 is 0 Å². The number of hydrogen-bond acceptors (Lipinski definition) is 2. The normalized spacial score (nSPS) is 13.2. The highest BCUT2D eigenvalue weighted by Gasteiger charge is 2.19. The summed E-state index contributed by atoms with van der Waals surface area (Å²) in [5, 5.41) is 0. The maximum atomic E-state index is 5.95. The van der Waals surface area contributed by atoms with Crippen LogP contribution in [0.4, 0.5) is 11.4 Å². The van der Waals surface area contributed by atoms with E-state index in [0.717, 1.165) is 29.8 Å². The first-order valence-electron chi connectivity index (χ1n) is 10.0. The summed E-state index contributed by atoms with van der Waals surface area (Å²) in [6.07, 6.45) is 3.91. The van der Waals surface area contributed by atoms with E-state index in [-0.39, 0.29) is 0 Å². The van der Waals surface area contributed by atoms with Crippen LogP contribution in [-0.4, -0.2) is 6.21 Å². The van der Waals surface area contributed by atoms with Gasteiger partial charge in [-0.15, -0.1) is 0 Å². The lowest BCUT2D eigenvalue weighted by Gasteiger charge is -2.03. The molecule has 0 aliphatic heterocycles. The smallest absolute Gasteiger partial charge is 0.0633 e. The van der Waals surface area contributed by atoms with Gasteiger partial charge in [-0.25, -0.2) is 0 Å². The highest BCUT2D eigenvalue weighted by molar-refractivity contribution is 5.87. The molecule has 2 aliphatic carbocycles. The van der Waals surface area contributed by atoms with Gasteiger partial charge in [0, 0.05) is 11.9 Å². The summed E-state index contributed by atoms with van der Waals surface area (Å²) in [4.78, 5) is 4.76. The maximum Gasteiger partial charge on any atom is 0.0633 e. The summed E-state index contributed by atoms with van der Waals surface area (Å²) >= 11 is 0. The van der Waals surface area contributed by atoms with Gasteiger partial charge in [0.1, 0.15) is 0 Å². The van der Waals surface area contributed by atoms with Gasteiger partial charge in [0.05, 0.1) is 5.69 Å². The Labute approximate surface area is 170 Å². The first-order valence-corrected chi connectivity index (χ1v) is 10.0. The van der Waals surface area contributed by atoms with Crippen LogP contribution in [0.15, 0.2) is 83.9 Å². The molecular formula is C27H20N2. The Balaban J connectivity index is 1.28. The molecule has 0 heterocycles. The third kappa shape index (κ3) is 2.68. The second kappa shape index (κ2) is 6.18. The quantitative estimate of drug-likeness (QED) is 0.287. The molecule has 2 nitrogen and oxygen atoms in total. The summed E-state index contributed by atoms with van der Waals surface area (Å²) < 4.78 is 0. The first-order chi connectivity index (χ1) is 14.2. The van der Waals surface area contributed by atoms with E-state index in [9.17, 15) is 0 Å². The molecular weight excluding hydrogens is 352 g/mol. The summed E-state index contributed by atoms with van der Waals surface area (Å²) in [5.74, 6) is 0. The van der Waals surface area contributed by atoms with Crippen LogP contribution in [0.5, 0.6) is 0 Å². The predicted octanol–water partition coefficient (Wildman–Crippen LogP) is 6.16. The number of aliphatic imine (C=N–C) groups is 1. The minimum absolute atomic E-state index is 0.827. The molecule has 0 aromatic heterocycles. The fourth-order valence-electron chi connectivity index (χ4n) is 4.69. The monoisotopic (exact) mass is 372 g/mol. The maximum absolute atomic E-state index is 5.95. The summed E-state index contributed by atoms with van der Waals surface area (Å²) in [6, 6.07) is 28.0. The van der Waals surface area contributed by atoms with Crippen LogP contribution in [0.25, 0.3) is 22.3 Å². The second-order valence-corrected chi connectivity index (χ2v) is 7.94. The van der Waals surface area contributed by atoms with Crippen LogP contribution < -0.4 is 5.73 Å². The van der Waals surface area contributed by atoms with Gasteiger partial charge in [0.25, 0.3) is 0 Å². The van der Waals surface area contributed by atoms with Crippen molar-refractivity contribution in [1.82, 2.24) is 0 Å². The first kappa shape index (κ1) is 16.3. The number of fused-ring (bicyclic) bond motifs is 6. The molecule has 0 atom stereocenters. The number of nitrogens with zero attached hydrogens (tertiary/aromatic N) is 1. The molecule has 2 N–H and O–H groups in total. The minimum atomic E-state index is 0.827. The topological polar surface area (TPSA) is 38.4 Å². The van der Waals surface area contributed by atoms with Crippen LogP contribution in [0.3, 0.4) is 0 Å². The van der Waals surface area contributed by atoms with Gasteiger partial charge in [0.2, 0.25) is 0 Å². The van der Waals surface area contributed by atoms with Crippen molar-refractivity contribution in [3.63, 3.8) is 0 Å². The van der Waals surface area contributed by atoms with Crippen LogP contribution in [0, 0.1) is 0 Å². The predicted molar refractivity (Wildman–Crippen MR) is 121 cm³/mol. The molecule has 0 spiro atoms. The standard InChI is InChI=1S/C27H20N2/c28-22-6-9-26-20(14-22)13-21-15-23(7-10-27(21)26)29-16-17-5-8-25-19(11-17)12-18-3-1-2-4-24(18)25/h1-11,14-16H,12-13,28H2. The van der Waals surface area contributed by atoms with Crippen molar-refractivity contribution in [2.75, 3.05) is 5.73 Å². The van der Waals surface area contributed by atoms with Gasteiger partial charge >= 0.3 is 0 Å². The van der Waals surface area contributed by atoms with Gasteiger partial charge in [-0.2, -0.15) is 0 Å². The molecule has 6 rings (SSSR count). The van der Waals surface area contributed by atoms with E-state index in [4.69, 9.17) is 10.7 Å². The van der Waals surface area contributed by atoms with E-state index < -0.39 is 0 Å². The lowest BCUT2D eigenvalue weighted by molar-refractivity contribution is 1.26. The fourth-order valence-corrected chi connectivity index (χ4v) is 4.69. The van der Waals surface area contributed by atoms with E-state index in [0.29, 0.717) is 0 Å². The van der Waals surface area contributed by atoms with Crippen LogP contribution in [-0.2, 0) is 12.8 Å². The molecule has 4 aromatic rings. The molecule has 2 aliphatic rings. The summed E-state index contributed by atoms with van der Waals surface area (Å²) in [6.45, 7) is 0. The average molecular weight is 372 g/mol. The molecule has 0 saturated carbocycles. The zero-order valence-corrected chi connectivity index (χ0v) is 16.0. The molecule has 0 amide bonds. The lowest BCUT2D eigenvalue weighted by atomic mass is 10.0. The molecule has 138 valence electrons. The molecule has 0 bridgehead atoms. The van der Waals surface area contributed by atoms with Gasteiger partial charge in [0.15, 0.2) is 0 Å². The Morgan fingerprint density at radius 2 is 1.28 bits per heavy atom. The van der Waals surface area contributed by atoms with Crippen molar-refractivity contribution in [3.8, 4) is 22.3 Å². The van der Waals surface area contributed by atoms with Gasteiger partial charge in [-0.05, 0) is 93.2 Å². The third-order valence-electron chi connectivity index (χ3n) is 6.07. The molecule has 0 fully saturated rings. The van der Waals surface area contributed by atoms with Crippen LogP contribution in [0.2, 0.25) is 0 Å². The number of nitrogens with two attached hydrogens (primary N) is 1. The summed E-state index contributed by atoms with van der Waals surface area (Å²) in [5.41, 5.74) is 19.7. The molecule has 29 heavy (non-hydrogen) atoms. The zero-order valence-electron chi connectivity index (χ0n) is 16.0. The Morgan fingerprint density at radius 3 is 2.17 bits per heavy atom. The Hall–Kier alpha value is -3.65. The van der Waals surface area contributed by atoms with Gasteiger partial charge in [-0.1, -0.05) is 48.5 Å². The fraction of sp³-hybridized carbons (Fsp3) is 0.0741. The highest BCUT2D eigenvalue weighted by Crippen LogP contribution is 2.39. The van der Waals surface area contributed by atoms with Gasteiger partial charge < -0.3 is 5.73 Å². The van der Waals surface area contributed by atoms with Crippen molar-refractivity contribution in [1.29, 1.82) is 0 Å². The molecule has 0 radical (unpaired) electrons. The second-order valence-electron chi connectivity index (χ2n) is 7.94. The number of anilines is 1. The Morgan fingerprint density at radius 1 is 0.621 bits per heavy atom. The SMILES string of the molecule is Nc1ccc2c(c1)Cc1cc(N=Cc3ccc4c(c3)Cc3ccccc3-4)ccc1-2. The molecule has 0 unspecified atom stereocenters. The molecule has 0 saturated heterocycles. The average Bonchev–Trinajstić information content (AvgIpc) is 3.28. The van der Waals surface area contributed by atoms with Crippen molar-refractivity contribution < 1.29 is 0 Å². The largest absolute Gasteiger partial charge is 0.399 e. The van der Waals surface area contributed by atoms with Crippen molar-refractivity contribution in [3.05, 3.63) is 107 Å². The highest BCUT2D eigenvalue weighted by atomic mass is 14.7. The van der Waals surface area contributed by atoms with Crippen LogP contribution >= 0.6 is 0 Å². The van der Waals surface area contributed by atoms with Crippen LogP contribution in [0.1, 0.15) is 27.8 Å². The van der Waals surface area contributed by atoms with Gasteiger partial charge in [-0.3, -0.25) is 4.99 Å². The molecule has 2 heteroatoms. The zero-order chi connectivity index (χ0) is 19.4.